The fourth-order valence-corrected chi connectivity index (χ4v) is 5.52. The lowest BCUT2D eigenvalue weighted by Crippen LogP contribution is -2.44. The van der Waals surface area contributed by atoms with E-state index in [-0.39, 0.29) is 16.7 Å². The van der Waals surface area contributed by atoms with Gasteiger partial charge >= 0.3 is 0 Å². The molecule has 2 N–H and O–H groups in total. The molecular weight excluding hydrogens is 454 g/mol. The number of hydrogen-bond donors (Lipinski definition) is 2. The molecule has 1 amide bonds. The minimum Gasteiger partial charge on any atom is -0.490 e. The van der Waals surface area contributed by atoms with Gasteiger partial charge in [-0.2, -0.15) is 5.26 Å². The summed E-state index contributed by atoms with van der Waals surface area (Å²) in [5, 5.41) is 23.9. The van der Waals surface area contributed by atoms with Gasteiger partial charge in [-0.05, 0) is 49.6 Å². The molecule has 0 saturated heterocycles. The Bertz CT molecular complexity index is 1350. The van der Waals surface area contributed by atoms with E-state index in [0.717, 1.165) is 41.2 Å². The Morgan fingerprint density at radius 2 is 2.11 bits per heavy atom. The highest BCUT2D eigenvalue weighted by atomic mass is 16.5. The Kier molecular flexibility index (Phi) is 6.00. The fraction of sp³-hybridized carbons (Fsp3) is 0.444. The molecule has 0 atom stereocenters. The molecule has 0 radical (unpaired) electrons. The molecule has 1 aromatic carbocycles. The Balaban J connectivity index is 1.45. The molecule has 9 heteroatoms. The Morgan fingerprint density at radius 1 is 1.31 bits per heavy atom. The predicted octanol–water partition coefficient (Wildman–Crippen LogP) is 3.46. The third-order valence-corrected chi connectivity index (χ3v) is 7.33. The highest BCUT2D eigenvalue weighted by Crippen LogP contribution is 2.53. The van der Waals surface area contributed by atoms with E-state index in [9.17, 15) is 10.1 Å². The highest BCUT2D eigenvalue weighted by Gasteiger charge is 2.49. The van der Waals surface area contributed by atoms with E-state index in [4.69, 9.17) is 9.72 Å². The quantitative estimate of drug-likeness (QED) is 0.526. The summed E-state index contributed by atoms with van der Waals surface area (Å²) in [6.45, 7) is 5.27. The van der Waals surface area contributed by atoms with Crippen LogP contribution in [0.2, 0.25) is 0 Å². The van der Waals surface area contributed by atoms with Crippen molar-refractivity contribution in [2.45, 2.75) is 50.5 Å². The summed E-state index contributed by atoms with van der Waals surface area (Å²) in [4.78, 5) is 18.1. The molecule has 186 valence electrons. The molecule has 0 bridgehead atoms. The van der Waals surface area contributed by atoms with E-state index in [1.54, 1.807) is 12.4 Å². The SMILES string of the molecule is CNCc1cc(C(=O)Nc2cccc(C3(c4nncn4C)CC(CC#N)C3)c2)nc2c1OCC2(C)C. The summed E-state index contributed by atoms with van der Waals surface area (Å²) in [6, 6.07) is 12.0. The van der Waals surface area contributed by atoms with Crippen LogP contribution in [0.5, 0.6) is 5.75 Å². The minimum absolute atomic E-state index is 0.263. The molecule has 1 fully saturated rings. The van der Waals surface area contributed by atoms with Gasteiger partial charge in [0.15, 0.2) is 0 Å². The van der Waals surface area contributed by atoms with Gasteiger partial charge in [-0.3, -0.25) is 4.79 Å². The van der Waals surface area contributed by atoms with E-state index in [2.05, 4.69) is 46.8 Å². The van der Waals surface area contributed by atoms with Crippen LogP contribution in [0, 0.1) is 17.2 Å². The number of nitrogens with zero attached hydrogens (tertiary/aromatic N) is 5. The second kappa shape index (κ2) is 9.03. The molecule has 2 aromatic heterocycles. The molecule has 1 aliphatic carbocycles. The third kappa shape index (κ3) is 4.01. The maximum Gasteiger partial charge on any atom is 0.274 e. The Labute approximate surface area is 210 Å². The average molecular weight is 486 g/mol. The number of carbonyl (C=O) groups excluding carboxylic acids is 1. The molecule has 5 rings (SSSR count). The first kappa shape index (κ1) is 23.9. The molecule has 3 aromatic rings. The van der Waals surface area contributed by atoms with E-state index in [1.807, 2.05) is 36.9 Å². The number of hydrogen-bond acceptors (Lipinski definition) is 7. The summed E-state index contributed by atoms with van der Waals surface area (Å²) in [5.74, 6) is 1.70. The molecular formula is C27H31N7O2. The number of amides is 1. The second-order valence-electron chi connectivity index (χ2n) is 10.6. The van der Waals surface area contributed by atoms with Gasteiger partial charge in [0, 0.05) is 36.7 Å². The fourth-order valence-electron chi connectivity index (χ4n) is 5.52. The molecule has 36 heavy (non-hydrogen) atoms. The van der Waals surface area contributed by atoms with Crippen molar-refractivity contribution in [2.24, 2.45) is 13.0 Å². The van der Waals surface area contributed by atoms with Gasteiger partial charge in [0.1, 0.15) is 23.6 Å². The lowest BCUT2D eigenvalue weighted by molar-refractivity contribution is 0.102. The van der Waals surface area contributed by atoms with E-state index >= 15 is 0 Å². The van der Waals surface area contributed by atoms with Crippen LogP contribution in [0.3, 0.4) is 0 Å². The van der Waals surface area contributed by atoms with Gasteiger partial charge < -0.3 is 19.9 Å². The first-order chi connectivity index (χ1) is 17.3. The van der Waals surface area contributed by atoms with Crippen LogP contribution in [0.15, 0.2) is 36.7 Å². The number of benzene rings is 1. The van der Waals surface area contributed by atoms with Gasteiger partial charge in [0.25, 0.3) is 5.91 Å². The van der Waals surface area contributed by atoms with Crippen LogP contribution >= 0.6 is 0 Å². The Morgan fingerprint density at radius 3 is 2.81 bits per heavy atom. The number of rotatable bonds is 7. The largest absolute Gasteiger partial charge is 0.490 e. The number of aryl methyl sites for hydroxylation is 1. The van der Waals surface area contributed by atoms with Crippen molar-refractivity contribution >= 4 is 11.6 Å². The van der Waals surface area contributed by atoms with Crippen molar-refractivity contribution in [1.29, 1.82) is 5.26 Å². The van der Waals surface area contributed by atoms with E-state index < -0.39 is 0 Å². The predicted molar refractivity (Wildman–Crippen MR) is 135 cm³/mol. The van der Waals surface area contributed by atoms with Crippen LogP contribution in [0.4, 0.5) is 5.69 Å². The molecule has 3 heterocycles. The summed E-state index contributed by atoms with van der Waals surface area (Å²) >= 11 is 0. The lowest BCUT2D eigenvalue weighted by atomic mass is 9.57. The summed E-state index contributed by atoms with van der Waals surface area (Å²) in [6.07, 6.45) is 3.86. The van der Waals surface area contributed by atoms with Gasteiger partial charge in [0.05, 0.1) is 23.8 Å². The monoisotopic (exact) mass is 485 g/mol. The van der Waals surface area contributed by atoms with Crippen molar-refractivity contribution in [3.63, 3.8) is 0 Å². The van der Waals surface area contributed by atoms with Crippen molar-refractivity contribution in [1.82, 2.24) is 25.1 Å². The van der Waals surface area contributed by atoms with Crippen LogP contribution in [0.1, 0.15) is 66.2 Å². The third-order valence-electron chi connectivity index (χ3n) is 7.33. The van der Waals surface area contributed by atoms with Crippen molar-refractivity contribution in [3.05, 3.63) is 65.0 Å². The number of aromatic nitrogens is 4. The van der Waals surface area contributed by atoms with Crippen molar-refractivity contribution in [2.75, 3.05) is 19.0 Å². The normalized spacial score (nSPS) is 21.7. The first-order valence-corrected chi connectivity index (χ1v) is 12.2. The van der Waals surface area contributed by atoms with E-state index in [0.29, 0.717) is 36.9 Å². The zero-order valence-electron chi connectivity index (χ0n) is 21.1. The van der Waals surface area contributed by atoms with Gasteiger partial charge in [-0.25, -0.2) is 4.98 Å². The highest BCUT2D eigenvalue weighted by molar-refractivity contribution is 6.03. The molecule has 1 saturated carbocycles. The standard InChI is InChI=1S/C27H31N7O2/c1-26(2)15-36-22-18(14-29-3)10-21(32-23(22)26)24(35)31-20-7-5-6-19(11-20)27(12-17(13-27)8-9-28)25-33-30-16-34(25)4/h5-7,10-11,16-17,29H,8,12-15H2,1-4H3,(H,31,35). The minimum atomic E-state index is -0.333. The lowest BCUT2D eigenvalue weighted by Gasteiger charge is -2.46. The molecule has 0 unspecified atom stereocenters. The van der Waals surface area contributed by atoms with Crippen LogP contribution in [0.25, 0.3) is 0 Å². The zero-order chi connectivity index (χ0) is 25.5. The zero-order valence-corrected chi connectivity index (χ0v) is 21.1. The van der Waals surface area contributed by atoms with Crippen molar-refractivity contribution in [3.8, 4) is 11.8 Å². The molecule has 2 aliphatic rings. The number of nitrogens with one attached hydrogen (secondary N) is 2. The van der Waals surface area contributed by atoms with Crippen LogP contribution < -0.4 is 15.4 Å². The summed E-state index contributed by atoms with van der Waals surface area (Å²) < 4.78 is 7.87. The number of carbonyl (C=O) groups is 1. The number of anilines is 1. The number of pyridine rings is 1. The summed E-state index contributed by atoms with van der Waals surface area (Å²) in [7, 11) is 3.81. The van der Waals surface area contributed by atoms with Gasteiger partial charge in [0.2, 0.25) is 0 Å². The van der Waals surface area contributed by atoms with Crippen LogP contribution in [-0.2, 0) is 24.4 Å². The smallest absolute Gasteiger partial charge is 0.274 e. The maximum absolute atomic E-state index is 13.3. The molecule has 1 aliphatic heterocycles. The van der Waals surface area contributed by atoms with Crippen LogP contribution in [-0.4, -0.2) is 39.3 Å². The van der Waals surface area contributed by atoms with Gasteiger partial charge in [-0.1, -0.05) is 26.0 Å². The van der Waals surface area contributed by atoms with E-state index in [1.165, 1.54) is 0 Å². The first-order valence-electron chi connectivity index (χ1n) is 12.2. The molecule has 0 spiro atoms. The van der Waals surface area contributed by atoms with Gasteiger partial charge in [-0.15, -0.1) is 10.2 Å². The maximum atomic E-state index is 13.3. The molecule has 9 nitrogen and oxygen atoms in total. The Hall–Kier alpha value is -3.77. The summed E-state index contributed by atoms with van der Waals surface area (Å²) in [5.41, 5.74) is 3.25. The average Bonchev–Trinajstić information content (AvgIpc) is 3.39. The second-order valence-corrected chi connectivity index (χ2v) is 10.6. The van der Waals surface area contributed by atoms with Crippen molar-refractivity contribution < 1.29 is 9.53 Å². The topological polar surface area (TPSA) is 118 Å². The number of nitriles is 1. The number of fused-ring (bicyclic) bond motifs is 1. The number of ether oxygens (including phenoxy) is 1.